The molecule has 0 unspecified atom stereocenters. The number of hydrogen-bond acceptors (Lipinski definition) is 5. The second kappa shape index (κ2) is 6.73. The number of carboxylic acid groups (broad SMARTS) is 1. The highest BCUT2D eigenvalue weighted by molar-refractivity contribution is 8.00. The third-order valence-electron chi connectivity index (χ3n) is 4.29. The minimum atomic E-state index is -3.71. The van der Waals surface area contributed by atoms with Crippen molar-refractivity contribution in [1.29, 1.82) is 0 Å². The molecule has 1 heterocycles. The molecule has 1 aliphatic heterocycles. The molecule has 1 aliphatic carbocycles. The van der Waals surface area contributed by atoms with Gasteiger partial charge >= 0.3 is 5.97 Å². The van der Waals surface area contributed by atoms with E-state index in [9.17, 15) is 18.0 Å². The molecule has 1 fully saturated rings. The van der Waals surface area contributed by atoms with Gasteiger partial charge < -0.3 is 10.4 Å². The SMILES string of the molecule is O=C1CSc2ccc(S(=O)(=O)NC3CCC(C(=O)O)CC3)cc2N1. The lowest BCUT2D eigenvalue weighted by molar-refractivity contribution is -0.142. The van der Waals surface area contributed by atoms with E-state index in [4.69, 9.17) is 5.11 Å². The van der Waals surface area contributed by atoms with Gasteiger partial charge in [-0.3, -0.25) is 9.59 Å². The number of carbonyl (C=O) groups is 2. The van der Waals surface area contributed by atoms with Crippen LogP contribution in [0.25, 0.3) is 0 Å². The van der Waals surface area contributed by atoms with Gasteiger partial charge in [-0.15, -0.1) is 11.8 Å². The predicted octanol–water partition coefficient (Wildman–Crippen LogP) is 1.65. The Morgan fingerprint density at radius 1 is 1.25 bits per heavy atom. The zero-order valence-electron chi connectivity index (χ0n) is 12.8. The smallest absolute Gasteiger partial charge is 0.306 e. The number of amides is 1. The molecule has 0 aromatic heterocycles. The number of benzene rings is 1. The summed E-state index contributed by atoms with van der Waals surface area (Å²) in [5, 5.41) is 11.7. The molecule has 3 N–H and O–H groups in total. The number of aliphatic carboxylic acids is 1. The van der Waals surface area contributed by atoms with Crippen molar-refractivity contribution in [3.05, 3.63) is 18.2 Å². The lowest BCUT2D eigenvalue weighted by Gasteiger charge is -2.26. The monoisotopic (exact) mass is 370 g/mol. The number of carboxylic acids is 1. The first-order chi connectivity index (χ1) is 11.3. The van der Waals surface area contributed by atoms with E-state index in [-0.39, 0.29) is 22.8 Å². The predicted molar refractivity (Wildman–Crippen MR) is 89.5 cm³/mol. The summed E-state index contributed by atoms with van der Waals surface area (Å²) in [6, 6.07) is 4.42. The highest BCUT2D eigenvalue weighted by Crippen LogP contribution is 2.33. The average Bonchev–Trinajstić information content (AvgIpc) is 2.54. The molecule has 0 spiro atoms. The Bertz CT molecular complexity index is 770. The van der Waals surface area contributed by atoms with Crippen molar-refractivity contribution < 1.29 is 23.1 Å². The van der Waals surface area contributed by atoms with E-state index in [0.29, 0.717) is 37.1 Å². The molecule has 1 saturated carbocycles. The van der Waals surface area contributed by atoms with Crippen LogP contribution in [0.3, 0.4) is 0 Å². The van der Waals surface area contributed by atoms with Crippen molar-refractivity contribution in [1.82, 2.24) is 4.72 Å². The van der Waals surface area contributed by atoms with Crippen LogP contribution in [-0.4, -0.2) is 37.2 Å². The number of carbonyl (C=O) groups excluding carboxylic acids is 1. The van der Waals surface area contributed by atoms with Crippen molar-refractivity contribution in [3.63, 3.8) is 0 Å². The van der Waals surface area contributed by atoms with Crippen molar-refractivity contribution in [2.45, 2.75) is 41.5 Å². The Balaban J connectivity index is 1.71. The summed E-state index contributed by atoms with van der Waals surface area (Å²) in [4.78, 5) is 23.3. The Labute approximate surface area is 144 Å². The Hall–Kier alpha value is -1.58. The minimum absolute atomic E-state index is 0.101. The average molecular weight is 370 g/mol. The van der Waals surface area contributed by atoms with Crippen LogP contribution in [0.2, 0.25) is 0 Å². The van der Waals surface area contributed by atoms with E-state index >= 15 is 0 Å². The topological polar surface area (TPSA) is 113 Å². The third-order valence-corrected chi connectivity index (χ3v) is 6.88. The summed E-state index contributed by atoms with van der Waals surface area (Å²) in [5.41, 5.74) is 0.508. The number of thioether (sulfide) groups is 1. The number of nitrogens with one attached hydrogen (secondary N) is 2. The van der Waals surface area contributed by atoms with Gasteiger partial charge in [0.15, 0.2) is 0 Å². The van der Waals surface area contributed by atoms with Crippen molar-refractivity contribution in [2.24, 2.45) is 5.92 Å². The number of anilines is 1. The van der Waals surface area contributed by atoms with Gasteiger partial charge in [0.2, 0.25) is 15.9 Å². The molecular weight excluding hydrogens is 352 g/mol. The first-order valence-electron chi connectivity index (χ1n) is 7.67. The first-order valence-corrected chi connectivity index (χ1v) is 10.1. The summed E-state index contributed by atoms with van der Waals surface area (Å²) in [5.74, 6) is -1.03. The number of rotatable bonds is 4. The van der Waals surface area contributed by atoms with Crippen LogP contribution in [-0.2, 0) is 19.6 Å². The van der Waals surface area contributed by atoms with Gasteiger partial charge in [-0.1, -0.05) is 0 Å². The van der Waals surface area contributed by atoms with Crippen LogP contribution < -0.4 is 10.0 Å². The second-order valence-corrected chi connectivity index (χ2v) is 8.73. The zero-order chi connectivity index (χ0) is 17.3. The molecule has 1 aromatic rings. The molecular formula is C15H18N2O5S2. The highest BCUT2D eigenvalue weighted by atomic mass is 32.2. The van der Waals surface area contributed by atoms with Crippen LogP contribution in [0.1, 0.15) is 25.7 Å². The number of fused-ring (bicyclic) bond motifs is 1. The van der Waals surface area contributed by atoms with Crippen LogP contribution in [0.15, 0.2) is 28.0 Å². The van der Waals surface area contributed by atoms with Crippen molar-refractivity contribution in [2.75, 3.05) is 11.1 Å². The zero-order valence-corrected chi connectivity index (χ0v) is 14.5. The Kier molecular flexibility index (Phi) is 4.84. The lowest BCUT2D eigenvalue weighted by Crippen LogP contribution is -2.38. The maximum atomic E-state index is 12.5. The highest BCUT2D eigenvalue weighted by Gasteiger charge is 2.29. The van der Waals surface area contributed by atoms with Gasteiger partial charge in [-0.2, -0.15) is 0 Å². The van der Waals surface area contributed by atoms with Crippen LogP contribution in [0.5, 0.6) is 0 Å². The molecule has 24 heavy (non-hydrogen) atoms. The standard InChI is InChI=1S/C15H18N2O5S2/c18-14-8-23-13-6-5-11(7-12(13)16-14)24(21,22)17-10-3-1-9(2-4-10)15(19)20/h5-7,9-10,17H,1-4,8H2,(H,16,18)(H,19,20). The molecule has 0 radical (unpaired) electrons. The fourth-order valence-corrected chi connectivity index (χ4v) is 5.09. The van der Waals surface area contributed by atoms with Gasteiger partial charge in [0.05, 0.1) is 22.3 Å². The molecule has 0 atom stereocenters. The summed E-state index contributed by atoms with van der Waals surface area (Å²) in [6.07, 6.45) is 1.96. The summed E-state index contributed by atoms with van der Waals surface area (Å²) >= 11 is 1.37. The van der Waals surface area contributed by atoms with E-state index < -0.39 is 16.0 Å². The summed E-state index contributed by atoms with van der Waals surface area (Å²) < 4.78 is 27.7. The molecule has 3 rings (SSSR count). The van der Waals surface area contributed by atoms with E-state index in [1.807, 2.05) is 0 Å². The summed E-state index contributed by atoms with van der Waals surface area (Å²) in [6.45, 7) is 0. The maximum Gasteiger partial charge on any atom is 0.306 e. The van der Waals surface area contributed by atoms with E-state index in [2.05, 4.69) is 10.0 Å². The molecule has 1 aromatic carbocycles. The second-order valence-electron chi connectivity index (χ2n) is 6.00. The van der Waals surface area contributed by atoms with Gasteiger partial charge in [-0.25, -0.2) is 13.1 Å². The number of hydrogen-bond donors (Lipinski definition) is 3. The van der Waals surface area contributed by atoms with Crippen molar-refractivity contribution in [3.8, 4) is 0 Å². The molecule has 9 heteroatoms. The van der Waals surface area contributed by atoms with Gasteiger partial charge in [0, 0.05) is 10.9 Å². The molecule has 0 bridgehead atoms. The number of sulfonamides is 1. The maximum absolute atomic E-state index is 12.5. The Morgan fingerprint density at radius 2 is 1.96 bits per heavy atom. The molecule has 1 amide bonds. The van der Waals surface area contributed by atoms with E-state index in [1.54, 1.807) is 6.07 Å². The quantitative estimate of drug-likeness (QED) is 0.743. The fourth-order valence-electron chi connectivity index (χ4n) is 2.98. The minimum Gasteiger partial charge on any atom is -0.481 e. The van der Waals surface area contributed by atoms with Gasteiger partial charge in [-0.05, 0) is 43.9 Å². The van der Waals surface area contributed by atoms with Crippen LogP contribution in [0, 0.1) is 5.92 Å². The largest absolute Gasteiger partial charge is 0.481 e. The summed E-state index contributed by atoms with van der Waals surface area (Å²) in [7, 11) is -3.71. The normalized spacial score (nSPS) is 24.1. The van der Waals surface area contributed by atoms with E-state index in [0.717, 1.165) is 4.90 Å². The molecule has 130 valence electrons. The van der Waals surface area contributed by atoms with Gasteiger partial charge in [0.1, 0.15) is 0 Å². The van der Waals surface area contributed by atoms with Crippen molar-refractivity contribution >= 4 is 39.3 Å². The van der Waals surface area contributed by atoms with Gasteiger partial charge in [0.25, 0.3) is 0 Å². The van der Waals surface area contributed by atoms with Crippen LogP contribution in [0.4, 0.5) is 5.69 Å². The lowest BCUT2D eigenvalue weighted by atomic mass is 9.87. The molecule has 2 aliphatic rings. The molecule has 7 nitrogen and oxygen atoms in total. The van der Waals surface area contributed by atoms with Crippen LogP contribution >= 0.6 is 11.8 Å². The van der Waals surface area contributed by atoms with E-state index in [1.165, 1.54) is 23.9 Å². The first kappa shape index (κ1) is 17.2. The molecule has 0 saturated heterocycles. The Morgan fingerprint density at radius 3 is 2.62 bits per heavy atom. The third kappa shape index (κ3) is 3.73. The fraction of sp³-hybridized carbons (Fsp3) is 0.467.